The number of ether oxygens (including phenoxy) is 3. The Bertz CT molecular complexity index is 1040. The molecule has 1 saturated heterocycles. The number of hydrogen-bond acceptors (Lipinski definition) is 9. The van der Waals surface area contributed by atoms with Gasteiger partial charge in [-0.15, -0.1) is 0 Å². The molecule has 1 amide bonds. The van der Waals surface area contributed by atoms with E-state index in [0.717, 1.165) is 6.92 Å². The summed E-state index contributed by atoms with van der Waals surface area (Å²) in [4.78, 5) is 64.9. The molecule has 1 fully saturated rings. The number of carbonyl (C=O) groups excluding carboxylic acids is 5. The van der Waals surface area contributed by atoms with E-state index in [1.807, 2.05) is 0 Å². The number of nitrogens with one attached hydrogen (secondary N) is 1. The van der Waals surface area contributed by atoms with E-state index in [2.05, 4.69) is 5.32 Å². The minimum absolute atomic E-state index is 0.0596. The monoisotopic (exact) mass is 516 g/mol. The van der Waals surface area contributed by atoms with Gasteiger partial charge in [0.25, 0.3) is 5.91 Å². The van der Waals surface area contributed by atoms with E-state index in [1.54, 1.807) is 39.5 Å². The maximum atomic E-state index is 13.3. The second-order valence-corrected chi connectivity index (χ2v) is 9.25. The van der Waals surface area contributed by atoms with Crippen molar-refractivity contribution in [1.29, 1.82) is 0 Å². The lowest BCUT2D eigenvalue weighted by Crippen LogP contribution is -2.45. The number of amides is 1. The van der Waals surface area contributed by atoms with Gasteiger partial charge in [0.05, 0.1) is 31.6 Å². The van der Waals surface area contributed by atoms with Gasteiger partial charge in [0.2, 0.25) is 17.3 Å². The molecule has 202 valence electrons. The highest BCUT2D eigenvalue weighted by Gasteiger charge is 2.33. The summed E-state index contributed by atoms with van der Waals surface area (Å²) in [6, 6.07) is 4.94. The van der Waals surface area contributed by atoms with Gasteiger partial charge in [0.1, 0.15) is 0 Å². The fraction of sp³-hybridized carbons (Fsp3) is 0.519. The zero-order valence-electron chi connectivity index (χ0n) is 22.3. The molecule has 10 nitrogen and oxygen atoms in total. The molecule has 10 heteroatoms. The fourth-order valence-corrected chi connectivity index (χ4v) is 3.74. The van der Waals surface area contributed by atoms with E-state index in [-0.39, 0.29) is 41.4 Å². The van der Waals surface area contributed by atoms with Crippen molar-refractivity contribution in [2.45, 2.75) is 47.6 Å². The molecule has 0 unspecified atom stereocenters. The topological polar surface area (TPSA) is 128 Å². The lowest BCUT2D eigenvalue weighted by molar-refractivity contribution is -0.150. The summed E-state index contributed by atoms with van der Waals surface area (Å²) < 4.78 is 15.4. The Hall–Kier alpha value is -3.53. The van der Waals surface area contributed by atoms with Crippen LogP contribution in [0, 0.1) is 11.8 Å². The molecule has 1 aromatic rings. The van der Waals surface area contributed by atoms with Crippen LogP contribution in [-0.4, -0.2) is 73.3 Å². The number of nitrogens with zero attached hydrogens (tertiary/aromatic N) is 1. The van der Waals surface area contributed by atoms with E-state index in [0.29, 0.717) is 31.9 Å². The Balaban J connectivity index is 2.30. The second-order valence-electron chi connectivity index (χ2n) is 9.25. The zero-order chi connectivity index (χ0) is 27.7. The molecular weight excluding hydrogens is 480 g/mol. The fourth-order valence-electron chi connectivity index (χ4n) is 3.74. The maximum absolute atomic E-state index is 13.3. The summed E-state index contributed by atoms with van der Waals surface area (Å²) in [6.45, 7) is 11.8. The number of esters is 2. The van der Waals surface area contributed by atoms with Crippen molar-refractivity contribution < 1.29 is 38.2 Å². The van der Waals surface area contributed by atoms with Crippen molar-refractivity contribution in [1.82, 2.24) is 10.2 Å². The van der Waals surface area contributed by atoms with Crippen LogP contribution in [0.3, 0.4) is 0 Å². The largest absolute Gasteiger partial charge is 0.460 e. The van der Waals surface area contributed by atoms with Crippen LogP contribution < -0.4 is 5.32 Å². The zero-order valence-corrected chi connectivity index (χ0v) is 22.3. The molecule has 1 N–H and O–H groups in total. The van der Waals surface area contributed by atoms with Crippen LogP contribution in [0.15, 0.2) is 35.7 Å². The van der Waals surface area contributed by atoms with Crippen molar-refractivity contribution in [3.63, 3.8) is 0 Å². The molecule has 1 atom stereocenters. The average Bonchev–Trinajstić information content (AvgIpc) is 2.87. The summed E-state index contributed by atoms with van der Waals surface area (Å²) in [5.74, 6) is -4.29. The van der Waals surface area contributed by atoms with Crippen molar-refractivity contribution >= 4 is 29.4 Å². The Morgan fingerprint density at radius 2 is 1.54 bits per heavy atom. The second kappa shape index (κ2) is 13.7. The minimum Gasteiger partial charge on any atom is -0.460 e. The summed E-state index contributed by atoms with van der Waals surface area (Å²) in [5.41, 5.74) is 0.728. The maximum Gasteiger partial charge on any atom is 0.376 e. The van der Waals surface area contributed by atoms with Crippen LogP contribution >= 0.6 is 0 Å². The molecule has 0 spiro atoms. The van der Waals surface area contributed by atoms with Crippen LogP contribution in [-0.2, 0) is 28.6 Å². The van der Waals surface area contributed by atoms with Crippen molar-refractivity contribution in [2.75, 3.05) is 32.9 Å². The first-order valence-corrected chi connectivity index (χ1v) is 12.4. The summed E-state index contributed by atoms with van der Waals surface area (Å²) in [6.07, 6.45) is 0. The van der Waals surface area contributed by atoms with Gasteiger partial charge < -0.3 is 24.4 Å². The molecule has 0 radical (unpaired) electrons. The summed E-state index contributed by atoms with van der Waals surface area (Å²) in [5, 5.41) is 2.98. The molecule has 0 aliphatic carbocycles. The molecule has 1 aliphatic rings. The predicted molar refractivity (Wildman–Crippen MR) is 135 cm³/mol. The van der Waals surface area contributed by atoms with Crippen molar-refractivity contribution in [3.8, 4) is 0 Å². The Kier molecular flexibility index (Phi) is 11.0. The first kappa shape index (κ1) is 29.7. The number of allylic oxidation sites excluding steroid dienone is 1. The smallest absolute Gasteiger partial charge is 0.376 e. The van der Waals surface area contributed by atoms with Gasteiger partial charge in [0.15, 0.2) is 0 Å². The lowest BCUT2D eigenvalue weighted by atomic mass is 9.92. The van der Waals surface area contributed by atoms with Crippen molar-refractivity contribution in [3.05, 3.63) is 46.8 Å². The molecule has 2 rings (SSSR count). The third kappa shape index (κ3) is 7.98. The van der Waals surface area contributed by atoms with E-state index in [9.17, 15) is 24.0 Å². The lowest BCUT2D eigenvalue weighted by Gasteiger charge is -2.27. The standard InChI is InChI=1S/C27H36N2O8/c1-7-36-27(34)25(37-18(6)30)22(17(4)5)28-21(16(2)3)24(32)23(31)19-8-10-20(11-9-19)26(33)29-12-14-35-15-13-29/h8-11,16-17,21,28H,7,12-15H2,1-6H3/t21-/m0/s1. The number of carbonyl (C=O) groups is 5. The van der Waals surface area contributed by atoms with Crippen LogP contribution in [0.25, 0.3) is 0 Å². The minimum atomic E-state index is -1.01. The average molecular weight is 517 g/mol. The van der Waals surface area contributed by atoms with Gasteiger partial charge in [-0.1, -0.05) is 39.8 Å². The van der Waals surface area contributed by atoms with E-state index < -0.39 is 29.5 Å². The number of morpholine rings is 1. The molecule has 1 heterocycles. The van der Waals surface area contributed by atoms with Gasteiger partial charge in [0, 0.05) is 31.1 Å². The highest BCUT2D eigenvalue weighted by molar-refractivity contribution is 6.45. The van der Waals surface area contributed by atoms with Gasteiger partial charge >= 0.3 is 11.9 Å². The van der Waals surface area contributed by atoms with Crippen LogP contribution in [0.5, 0.6) is 0 Å². The Morgan fingerprint density at radius 1 is 0.973 bits per heavy atom. The molecule has 37 heavy (non-hydrogen) atoms. The first-order chi connectivity index (χ1) is 17.5. The molecule has 1 aliphatic heterocycles. The van der Waals surface area contributed by atoms with Crippen LogP contribution in [0.2, 0.25) is 0 Å². The molecule has 0 bridgehead atoms. The SMILES string of the molecule is CCOC(=O)C(OC(C)=O)=C(N[C@H](C(=O)C(=O)c1ccc(C(=O)N2CCOCC2)cc1)C(C)C)C(C)C. The van der Waals surface area contributed by atoms with E-state index in [1.165, 1.54) is 24.3 Å². The molecule has 0 aromatic heterocycles. The third-order valence-electron chi connectivity index (χ3n) is 5.70. The highest BCUT2D eigenvalue weighted by Crippen LogP contribution is 2.20. The molecule has 1 aromatic carbocycles. The third-order valence-corrected chi connectivity index (χ3v) is 5.70. The normalized spacial score (nSPS) is 15.1. The van der Waals surface area contributed by atoms with Gasteiger partial charge in [-0.25, -0.2) is 4.79 Å². The number of rotatable bonds is 11. The Labute approximate surface area is 217 Å². The summed E-state index contributed by atoms with van der Waals surface area (Å²) >= 11 is 0. The number of Topliss-reactive ketones (excluding diaryl/α,β-unsaturated/α-hetero) is 2. The van der Waals surface area contributed by atoms with Crippen LogP contribution in [0.1, 0.15) is 62.3 Å². The number of benzene rings is 1. The van der Waals surface area contributed by atoms with Crippen molar-refractivity contribution in [2.24, 2.45) is 11.8 Å². The first-order valence-electron chi connectivity index (χ1n) is 12.4. The predicted octanol–water partition coefficient (Wildman–Crippen LogP) is 2.52. The van der Waals surface area contributed by atoms with Gasteiger partial charge in [-0.05, 0) is 30.9 Å². The molecule has 0 saturated carbocycles. The highest BCUT2D eigenvalue weighted by atomic mass is 16.6. The quantitative estimate of drug-likeness (QED) is 0.155. The number of hydrogen-bond donors (Lipinski definition) is 1. The van der Waals surface area contributed by atoms with E-state index >= 15 is 0 Å². The van der Waals surface area contributed by atoms with Crippen LogP contribution in [0.4, 0.5) is 0 Å². The van der Waals surface area contributed by atoms with Gasteiger partial charge in [-0.3, -0.25) is 19.2 Å². The van der Waals surface area contributed by atoms with E-state index in [4.69, 9.17) is 14.2 Å². The summed E-state index contributed by atoms with van der Waals surface area (Å²) in [7, 11) is 0. The number of ketones is 2. The van der Waals surface area contributed by atoms with Gasteiger partial charge in [-0.2, -0.15) is 0 Å². The molecular formula is C27H36N2O8. The Morgan fingerprint density at radius 3 is 2.03 bits per heavy atom.